The topological polar surface area (TPSA) is 55.3 Å². The monoisotopic (exact) mass is 271 g/mol. The highest BCUT2D eigenvalue weighted by atomic mass is 16.5. The molecule has 4 nitrogen and oxygen atoms in total. The van der Waals surface area contributed by atoms with Crippen LogP contribution >= 0.6 is 0 Å². The van der Waals surface area contributed by atoms with E-state index in [1.54, 1.807) is 0 Å². The van der Waals surface area contributed by atoms with Gasteiger partial charge in [0, 0.05) is 11.6 Å². The minimum atomic E-state index is 0.440. The number of rotatable bonds is 2. The summed E-state index contributed by atoms with van der Waals surface area (Å²) in [6, 6.07) is 10.3. The molecule has 2 heterocycles. The molecule has 1 unspecified atom stereocenters. The zero-order valence-electron chi connectivity index (χ0n) is 11.9. The maximum Gasteiger partial charge on any atom is 0.169 e. The number of nitrogens with zero attached hydrogens (tertiary/aromatic N) is 2. The Bertz CT molecular complexity index is 579. The van der Waals surface area contributed by atoms with Crippen molar-refractivity contribution < 1.29 is 4.52 Å². The number of likely N-dealkylation sites (tertiary alicyclic amines) is 1. The van der Waals surface area contributed by atoms with E-state index in [2.05, 4.69) is 35.3 Å². The van der Waals surface area contributed by atoms with Crippen LogP contribution in [-0.2, 0) is 0 Å². The molecule has 1 aliphatic heterocycles. The lowest BCUT2D eigenvalue weighted by Gasteiger charge is -2.17. The van der Waals surface area contributed by atoms with Crippen LogP contribution < -0.4 is 5.73 Å². The summed E-state index contributed by atoms with van der Waals surface area (Å²) in [7, 11) is 2.20. The third kappa shape index (κ3) is 2.70. The van der Waals surface area contributed by atoms with Crippen LogP contribution in [0.25, 0.3) is 11.3 Å². The lowest BCUT2D eigenvalue weighted by Crippen LogP contribution is -2.18. The van der Waals surface area contributed by atoms with Crippen LogP contribution in [0.2, 0.25) is 0 Å². The summed E-state index contributed by atoms with van der Waals surface area (Å²) in [5, 5.41) is 3.80. The quantitative estimate of drug-likeness (QED) is 0.911. The molecule has 0 spiro atoms. The van der Waals surface area contributed by atoms with Gasteiger partial charge in [-0.3, -0.25) is 0 Å². The molecular formula is C16H21N3O. The molecule has 0 amide bonds. The number of anilines is 1. The molecule has 1 aliphatic rings. The highest BCUT2D eigenvalue weighted by Crippen LogP contribution is 2.35. The van der Waals surface area contributed by atoms with Crippen LogP contribution in [0, 0.1) is 0 Å². The molecule has 0 radical (unpaired) electrons. The Kier molecular flexibility index (Phi) is 3.74. The first-order valence-electron chi connectivity index (χ1n) is 7.24. The standard InChI is InChI=1S/C16H21N3O/c1-19-9-4-5-12(8-10-19)13-6-2-3-7-14(13)15-11-16(17)18-20-15/h2-3,6-7,11-12H,4-5,8-10H2,1H3,(H2,17,18). The number of aromatic nitrogens is 1. The van der Waals surface area contributed by atoms with Gasteiger partial charge in [0.05, 0.1) is 0 Å². The summed E-state index contributed by atoms with van der Waals surface area (Å²) < 4.78 is 5.35. The Morgan fingerprint density at radius 1 is 1.25 bits per heavy atom. The van der Waals surface area contributed by atoms with Gasteiger partial charge in [0.15, 0.2) is 11.6 Å². The van der Waals surface area contributed by atoms with Crippen molar-refractivity contribution in [2.24, 2.45) is 0 Å². The second-order valence-electron chi connectivity index (χ2n) is 5.63. The Hall–Kier alpha value is -1.81. The SMILES string of the molecule is CN1CCCC(c2ccccc2-c2cc(N)no2)CC1. The first kappa shape index (κ1) is 13.2. The fourth-order valence-corrected chi connectivity index (χ4v) is 3.04. The van der Waals surface area contributed by atoms with Crippen molar-refractivity contribution >= 4 is 5.82 Å². The van der Waals surface area contributed by atoms with Gasteiger partial charge in [-0.1, -0.05) is 29.4 Å². The van der Waals surface area contributed by atoms with Gasteiger partial charge in [-0.05, 0) is 50.9 Å². The van der Waals surface area contributed by atoms with Crippen molar-refractivity contribution in [3.63, 3.8) is 0 Å². The Balaban J connectivity index is 1.93. The average Bonchev–Trinajstić information content (AvgIpc) is 2.77. The van der Waals surface area contributed by atoms with Gasteiger partial charge in [-0.15, -0.1) is 0 Å². The molecule has 1 aromatic carbocycles. The van der Waals surface area contributed by atoms with E-state index in [9.17, 15) is 0 Å². The summed E-state index contributed by atoms with van der Waals surface area (Å²) in [6.07, 6.45) is 3.66. The van der Waals surface area contributed by atoms with Crippen molar-refractivity contribution in [3.05, 3.63) is 35.9 Å². The lowest BCUT2D eigenvalue weighted by molar-refractivity contribution is 0.347. The van der Waals surface area contributed by atoms with E-state index in [4.69, 9.17) is 10.3 Å². The molecule has 2 N–H and O–H groups in total. The molecule has 1 aromatic heterocycles. The maximum absolute atomic E-state index is 5.68. The molecular weight excluding hydrogens is 250 g/mol. The molecule has 106 valence electrons. The molecule has 1 fully saturated rings. The van der Waals surface area contributed by atoms with Crippen LogP contribution in [0.5, 0.6) is 0 Å². The highest BCUT2D eigenvalue weighted by molar-refractivity contribution is 5.65. The number of nitrogen functional groups attached to an aromatic ring is 1. The number of nitrogens with two attached hydrogens (primary N) is 1. The van der Waals surface area contributed by atoms with Crippen molar-refractivity contribution in [2.75, 3.05) is 25.9 Å². The average molecular weight is 271 g/mol. The zero-order valence-corrected chi connectivity index (χ0v) is 11.9. The number of benzene rings is 1. The van der Waals surface area contributed by atoms with Crippen LogP contribution in [-0.4, -0.2) is 30.2 Å². The van der Waals surface area contributed by atoms with Crippen molar-refractivity contribution in [3.8, 4) is 11.3 Å². The van der Waals surface area contributed by atoms with E-state index in [1.165, 1.54) is 31.4 Å². The molecule has 0 bridgehead atoms. The first-order valence-corrected chi connectivity index (χ1v) is 7.24. The lowest BCUT2D eigenvalue weighted by atomic mass is 9.88. The zero-order chi connectivity index (χ0) is 13.9. The summed E-state index contributed by atoms with van der Waals surface area (Å²) in [6.45, 7) is 2.34. The van der Waals surface area contributed by atoms with E-state index in [0.717, 1.165) is 17.9 Å². The maximum atomic E-state index is 5.68. The fourth-order valence-electron chi connectivity index (χ4n) is 3.04. The Morgan fingerprint density at radius 2 is 2.10 bits per heavy atom. The van der Waals surface area contributed by atoms with E-state index >= 15 is 0 Å². The van der Waals surface area contributed by atoms with E-state index in [0.29, 0.717) is 11.7 Å². The Labute approximate surface area is 119 Å². The minimum Gasteiger partial charge on any atom is -0.381 e. The summed E-state index contributed by atoms with van der Waals surface area (Å²) in [5.41, 5.74) is 8.17. The molecule has 20 heavy (non-hydrogen) atoms. The largest absolute Gasteiger partial charge is 0.381 e. The number of hydrogen-bond acceptors (Lipinski definition) is 4. The smallest absolute Gasteiger partial charge is 0.169 e. The van der Waals surface area contributed by atoms with Gasteiger partial charge in [-0.2, -0.15) is 0 Å². The van der Waals surface area contributed by atoms with Crippen LogP contribution in [0.1, 0.15) is 30.7 Å². The van der Waals surface area contributed by atoms with Gasteiger partial charge < -0.3 is 15.2 Å². The van der Waals surface area contributed by atoms with Crippen LogP contribution in [0.3, 0.4) is 0 Å². The summed E-state index contributed by atoms with van der Waals surface area (Å²) in [4.78, 5) is 2.41. The van der Waals surface area contributed by atoms with Gasteiger partial charge in [0.25, 0.3) is 0 Å². The molecule has 4 heteroatoms. The predicted molar refractivity (Wildman–Crippen MR) is 80.4 cm³/mol. The van der Waals surface area contributed by atoms with Crippen molar-refractivity contribution in [2.45, 2.75) is 25.2 Å². The fraction of sp³-hybridized carbons (Fsp3) is 0.438. The van der Waals surface area contributed by atoms with E-state index in [1.807, 2.05) is 12.1 Å². The number of hydrogen-bond donors (Lipinski definition) is 1. The van der Waals surface area contributed by atoms with Crippen LogP contribution in [0.4, 0.5) is 5.82 Å². The van der Waals surface area contributed by atoms with Crippen molar-refractivity contribution in [1.82, 2.24) is 10.1 Å². The summed E-state index contributed by atoms with van der Waals surface area (Å²) >= 11 is 0. The van der Waals surface area contributed by atoms with Crippen LogP contribution in [0.15, 0.2) is 34.9 Å². The van der Waals surface area contributed by atoms with Gasteiger partial charge in [0.2, 0.25) is 0 Å². The molecule has 0 saturated carbocycles. The minimum absolute atomic E-state index is 0.440. The normalized spacial score (nSPS) is 20.8. The van der Waals surface area contributed by atoms with Gasteiger partial charge >= 0.3 is 0 Å². The molecule has 1 atom stereocenters. The third-order valence-corrected chi connectivity index (χ3v) is 4.15. The second kappa shape index (κ2) is 5.67. The van der Waals surface area contributed by atoms with E-state index in [-0.39, 0.29) is 0 Å². The molecule has 1 saturated heterocycles. The molecule has 2 aromatic rings. The first-order chi connectivity index (χ1) is 9.74. The third-order valence-electron chi connectivity index (χ3n) is 4.15. The second-order valence-corrected chi connectivity index (χ2v) is 5.63. The summed E-state index contributed by atoms with van der Waals surface area (Å²) in [5.74, 6) is 1.80. The predicted octanol–water partition coefficient (Wildman–Crippen LogP) is 3.12. The van der Waals surface area contributed by atoms with E-state index < -0.39 is 0 Å². The van der Waals surface area contributed by atoms with Gasteiger partial charge in [0.1, 0.15) is 0 Å². The molecule has 0 aliphatic carbocycles. The van der Waals surface area contributed by atoms with Gasteiger partial charge in [-0.25, -0.2) is 0 Å². The highest BCUT2D eigenvalue weighted by Gasteiger charge is 2.20. The van der Waals surface area contributed by atoms with Crippen molar-refractivity contribution in [1.29, 1.82) is 0 Å². The Morgan fingerprint density at radius 3 is 2.90 bits per heavy atom. The molecule has 3 rings (SSSR count).